The van der Waals surface area contributed by atoms with Gasteiger partial charge < -0.3 is 15.7 Å². The van der Waals surface area contributed by atoms with Crippen LogP contribution < -0.4 is 10.6 Å². The molecule has 0 aromatic heterocycles. The van der Waals surface area contributed by atoms with Crippen LogP contribution in [0.15, 0.2) is 24.3 Å². The second-order valence-corrected chi connectivity index (χ2v) is 5.86. The molecule has 3 N–H and O–H groups in total. The molecule has 1 aromatic rings. The van der Waals surface area contributed by atoms with Gasteiger partial charge in [-0.1, -0.05) is 18.2 Å². The second-order valence-electron chi connectivity index (χ2n) is 5.86. The first kappa shape index (κ1) is 14.1. The largest absolute Gasteiger partial charge is 0.396 e. The number of anilines is 1. The van der Waals surface area contributed by atoms with Crippen molar-refractivity contribution in [3.63, 3.8) is 0 Å². The fourth-order valence-electron chi connectivity index (χ4n) is 2.99. The zero-order chi connectivity index (χ0) is 14.8. The minimum Gasteiger partial charge on any atom is -0.396 e. The van der Waals surface area contributed by atoms with Crippen LogP contribution in [0.25, 0.3) is 0 Å². The van der Waals surface area contributed by atoms with Gasteiger partial charge in [0, 0.05) is 24.8 Å². The summed E-state index contributed by atoms with van der Waals surface area (Å²) in [5, 5.41) is 15.0. The second kappa shape index (κ2) is 5.85. The van der Waals surface area contributed by atoms with E-state index in [1.807, 2.05) is 24.3 Å². The van der Waals surface area contributed by atoms with E-state index in [4.69, 9.17) is 5.11 Å². The smallest absolute Gasteiger partial charge is 0.228 e. The van der Waals surface area contributed by atoms with Crippen molar-refractivity contribution in [2.75, 3.05) is 11.9 Å². The van der Waals surface area contributed by atoms with Gasteiger partial charge >= 0.3 is 0 Å². The number of fused-ring (bicyclic) bond motifs is 1. The molecule has 0 radical (unpaired) electrons. The number of rotatable bonds is 5. The molecule has 2 atom stereocenters. The van der Waals surface area contributed by atoms with E-state index in [1.54, 1.807) is 0 Å². The summed E-state index contributed by atoms with van der Waals surface area (Å²) in [6.07, 6.45) is 2.97. The first-order valence-electron chi connectivity index (χ1n) is 7.49. The van der Waals surface area contributed by atoms with E-state index >= 15 is 0 Å². The number of hydrogen-bond acceptors (Lipinski definition) is 3. The molecular weight excluding hydrogens is 268 g/mol. The first-order valence-corrected chi connectivity index (χ1v) is 7.49. The monoisotopic (exact) mass is 288 g/mol. The molecule has 1 aromatic carbocycles. The minimum absolute atomic E-state index is 0.0275. The first-order chi connectivity index (χ1) is 10.2. The average Bonchev–Trinajstić information content (AvgIpc) is 3.30. The van der Waals surface area contributed by atoms with E-state index in [-0.39, 0.29) is 30.9 Å². The van der Waals surface area contributed by atoms with E-state index in [9.17, 15) is 9.59 Å². The van der Waals surface area contributed by atoms with Gasteiger partial charge in [0.05, 0.1) is 5.92 Å². The maximum Gasteiger partial charge on any atom is 0.228 e. The van der Waals surface area contributed by atoms with Crippen molar-refractivity contribution in [1.82, 2.24) is 5.32 Å². The Kier molecular flexibility index (Phi) is 3.92. The standard InChI is InChI=1S/C16H20N2O3/c19-8-7-13(10-5-6-10)18-16(21)12-9-15(20)17-14-4-2-1-3-11(12)14/h1-4,10,12-13,19H,5-9H2,(H,17,20)(H,18,21). The van der Waals surface area contributed by atoms with Crippen LogP contribution >= 0.6 is 0 Å². The molecule has 1 aliphatic carbocycles. The quantitative estimate of drug-likeness (QED) is 0.766. The Morgan fingerprint density at radius 1 is 1.38 bits per heavy atom. The van der Waals surface area contributed by atoms with Gasteiger partial charge in [0.1, 0.15) is 0 Å². The van der Waals surface area contributed by atoms with Gasteiger partial charge in [0.2, 0.25) is 11.8 Å². The predicted octanol–water partition coefficient (Wildman–Crippen LogP) is 1.39. The van der Waals surface area contributed by atoms with Gasteiger partial charge in [-0.15, -0.1) is 0 Å². The lowest BCUT2D eigenvalue weighted by atomic mass is 9.89. The molecule has 2 aliphatic rings. The topological polar surface area (TPSA) is 78.4 Å². The molecule has 1 saturated carbocycles. The summed E-state index contributed by atoms with van der Waals surface area (Å²) < 4.78 is 0. The maximum atomic E-state index is 12.6. The van der Waals surface area contributed by atoms with Crippen molar-refractivity contribution in [2.45, 2.75) is 37.6 Å². The minimum atomic E-state index is -0.435. The number of amides is 2. The Labute approximate surface area is 123 Å². The van der Waals surface area contributed by atoms with Crippen molar-refractivity contribution in [2.24, 2.45) is 5.92 Å². The molecule has 21 heavy (non-hydrogen) atoms. The number of carbonyl (C=O) groups is 2. The van der Waals surface area contributed by atoms with Crippen molar-refractivity contribution >= 4 is 17.5 Å². The lowest BCUT2D eigenvalue weighted by molar-refractivity contribution is -0.127. The summed E-state index contributed by atoms with van der Waals surface area (Å²) in [5.74, 6) is -0.190. The number of nitrogens with one attached hydrogen (secondary N) is 2. The molecule has 0 saturated heterocycles. The fraction of sp³-hybridized carbons (Fsp3) is 0.500. The van der Waals surface area contributed by atoms with Crippen molar-refractivity contribution in [3.05, 3.63) is 29.8 Å². The number of hydrogen-bond donors (Lipinski definition) is 3. The Morgan fingerprint density at radius 3 is 2.86 bits per heavy atom. The number of carbonyl (C=O) groups excluding carboxylic acids is 2. The lowest BCUT2D eigenvalue weighted by Crippen LogP contribution is -2.42. The summed E-state index contributed by atoms with van der Waals surface area (Å²) in [6, 6.07) is 7.45. The highest BCUT2D eigenvalue weighted by molar-refractivity contribution is 6.01. The SMILES string of the molecule is O=C1CC(C(=O)NC(CCO)C2CC2)c2ccccc2N1. The van der Waals surface area contributed by atoms with E-state index in [2.05, 4.69) is 10.6 Å². The van der Waals surface area contributed by atoms with E-state index < -0.39 is 5.92 Å². The van der Waals surface area contributed by atoms with Gasteiger partial charge in [-0.3, -0.25) is 9.59 Å². The highest BCUT2D eigenvalue weighted by Crippen LogP contribution is 2.36. The molecule has 2 amide bonds. The molecule has 0 spiro atoms. The molecule has 0 bridgehead atoms. The van der Waals surface area contributed by atoms with E-state index in [1.165, 1.54) is 0 Å². The van der Waals surface area contributed by atoms with Gasteiger partial charge in [-0.05, 0) is 36.8 Å². The zero-order valence-corrected chi connectivity index (χ0v) is 11.8. The lowest BCUT2D eigenvalue weighted by Gasteiger charge is -2.27. The van der Waals surface area contributed by atoms with Crippen LogP contribution in [0.4, 0.5) is 5.69 Å². The van der Waals surface area contributed by atoms with Gasteiger partial charge in [0.25, 0.3) is 0 Å². The van der Waals surface area contributed by atoms with Gasteiger partial charge in [-0.2, -0.15) is 0 Å². The van der Waals surface area contributed by atoms with Crippen LogP contribution in [-0.2, 0) is 9.59 Å². The Hall–Kier alpha value is -1.88. The molecule has 1 fully saturated rings. The molecular formula is C16H20N2O3. The van der Waals surface area contributed by atoms with Crippen molar-refractivity contribution in [3.8, 4) is 0 Å². The Balaban J connectivity index is 1.76. The summed E-state index contributed by atoms with van der Waals surface area (Å²) in [4.78, 5) is 24.3. The van der Waals surface area contributed by atoms with Gasteiger partial charge in [-0.25, -0.2) is 0 Å². The Morgan fingerprint density at radius 2 is 2.14 bits per heavy atom. The molecule has 3 rings (SSSR count). The number of benzene rings is 1. The summed E-state index contributed by atoms with van der Waals surface area (Å²) >= 11 is 0. The van der Waals surface area contributed by atoms with Gasteiger partial charge in [0.15, 0.2) is 0 Å². The van der Waals surface area contributed by atoms with Crippen LogP contribution in [-0.4, -0.2) is 29.6 Å². The third-order valence-corrected chi connectivity index (χ3v) is 4.28. The van der Waals surface area contributed by atoms with Crippen LogP contribution in [0.1, 0.15) is 37.2 Å². The van der Waals surface area contributed by atoms with Crippen LogP contribution in [0.2, 0.25) is 0 Å². The number of aliphatic hydroxyl groups is 1. The highest BCUT2D eigenvalue weighted by atomic mass is 16.3. The molecule has 112 valence electrons. The maximum absolute atomic E-state index is 12.6. The summed E-state index contributed by atoms with van der Waals surface area (Å²) in [7, 11) is 0. The van der Waals surface area contributed by atoms with Crippen LogP contribution in [0.5, 0.6) is 0 Å². The third kappa shape index (κ3) is 3.08. The molecule has 5 heteroatoms. The molecule has 1 heterocycles. The fourth-order valence-corrected chi connectivity index (χ4v) is 2.99. The normalized spacial score (nSPS) is 22.1. The number of para-hydroxylation sites is 1. The third-order valence-electron chi connectivity index (χ3n) is 4.28. The predicted molar refractivity (Wildman–Crippen MR) is 78.8 cm³/mol. The van der Waals surface area contributed by atoms with E-state index in [0.717, 1.165) is 24.1 Å². The van der Waals surface area contributed by atoms with Crippen molar-refractivity contribution in [1.29, 1.82) is 0 Å². The summed E-state index contributed by atoms with van der Waals surface area (Å²) in [5.41, 5.74) is 1.59. The molecule has 1 aliphatic heterocycles. The molecule has 5 nitrogen and oxygen atoms in total. The van der Waals surface area contributed by atoms with E-state index in [0.29, 0.717) is 12.3 Å². The van der Waals surface area contributed by atoms with Crippen LogP contribution in [0.3, 0.4) is 0 Å². The zero-order valence-electron chi connectivity index (χ0n) is 11.8. The Bertz CT molecular complexity index is 554. The number of aliphatic hydroxyl groups excluding tert-OH is 1. The highest BCUT2D eigenvalue weighted by Gasteiger charge is 2.35. The van der Waals surface area contributed by atoms with Crippen molar-refractivity contribution < 1.29 is 14.7 Å². The average molecular weight is 288 g/mol. The summed E-state index contributed by atoms with van der Waals surface area (Å²) in [6.45, 7) is 0.0726. The molecule has 2 unspecified atom stereocenters. The van der Waals surface area contributed by atoms with Crippen LogP contribution in [0, 0.1) is 5.92 Å².